The number of para-hydroxylation sites is 1. The van der Waals surface area contributed by atoms with Crippen LogP contribution in [0.4, 0.5) is 5.82 Å². The highest BCUT2D eigenvalue weighted by Crippen LogP contribution is 2.32. The fraction of sp³-hybridized carbons (Fsp3) is 0.333. The Labute approximate surface area is 126 Å². The average Bonchev–Trinajstić information content (AvgIpc) is 2.77. The fourth-order valence-corrected chi connectivity index (χ4v) is 3.24. The maximum atomic E-state index is 6.15. The summed E-state index contributed by atoms with van der Waals surface area (Å²) in [5, 5.41) is 1.05. The molecule has 108 valence electrons. The standard InChI is InChI=1S/C15H15ClN4O/c16-7-9-8-21-6-5-12-19-13-14(20(9)12)10-3-1-2-4-11(10)18-15(13)17/h1-4,9H,5-8H2,(H2,17,18)/t9-/m0/s1. The van der Waals surface area contributed by atoms with Crippen molar-refractivity contribution in [3.63, 3.8) is 0 Å². The van der Waals surface area contributed by atoms with Crippen LogP contribution in [0.2, 0.25) is 0 Å². The third kappa shape index (κ3) is 1.88. The van der Waals surface area contributed by atoms with Crippen molar-refractivity contribution in [1.29, 1.82) is 0 Å². The molecule has 3 aromatic rings. The van der Waals surface area contributed by atoms with Crippen LogP contribution in [-0.2, 0) is 11.2 Å². The van der Waals surface area contributed by atoms with E-state index in [4.69, 9.17) is 27.1 Å². The first-order valence-electron chi connectivity index (χ1n) is 6.98. The van der Waals surface area contributed by atoms with Crippen LogP contribution in [0.3, 0.4) is 0 Å². The van der Waals surface area contributed by atoms with Crippen LogP contribution in [0.25, 0.3) is 21.9 Å². The van der Waals surface area contributed by atoms with Gasteiger partial charge in [0.05, 0.1) is 30.3 Å². The number of benzene rings is 1. The number of nitrogen functional groups attached to an aromatic ring is 1. The van der Waals surface area contributed by atoms with Gasteiger partial charge in [0.25, 0.3) is 0 Å². The number of aromatic nitrogens is 3. The molecule has 0 fully saturated rings. The number of nitrogens with two attached hydrogens (primary N) is 1. The van der Waals surface area contributed by atoms with Crippen molar-refractivity contribution < 1.29 is 4.74 Å². The minimum atomic E-state index is 0.0689. The molecule has 21 heavy (non-hydrogen) atoms. The molecule has 0 radical (unpaired) electrons. The lowest BCUT2D eigenvalue weighted by Crippen LogP contribution is -2.16. The maximum Gasteiger partial charge on any atom is 0.152 e. The first-order chi connectivity index (χ1) is 10.3. The summed E-state index contributed by atoms with van der Waals surface area (Å²) >= 11 is 6.15. The van der Waals surface area contributed by atoms with Gasteiger partial charge in [-0.15, -0.1) is 11.6 Å². The van der Waals surface area contributed by atoms with Gasteiger partial charge in [0.15, 0.2) is 5.82 Å². The Bertz CT molecular complexity index is 829. The molecule has 5 nitrogen and oxygen atoms in total. The van der Waals surface area contributed by atoms with Crippen LogP contribution >= 0.6 is 11.6 Å². The molecule has 3 heterocycles. The number of ether oxygens (including phenoxy) is 1. The molecule has 1 aromatic carbocycles. The van der Waals surface area contributed by atoms with E-state index in [9.17, 15) is 0 Å². The van der Waals surface area contributed by atoms with Gasteiger partial charge in [0.1, 0.15) is 11.3 Å². The second kappa shape index (κ2) is 4.86. The number of nitrogens with zero attached hydrogens (tertiary/aromatic N) is 3. The van der Waals surface area contributed by atoms with Crippen molar-refractivity contribution in [2.45, 2.75) is 12.5 Å². The van der Waals surface area contributed by atoms with Crippen LogP contribution in [0.1, 0.15) is 11.9 Å². The quantitative estimate of drug-likeness (QED) is 0.702. The smallest absolute Gasteiger partial charge is 0.152 e. The Morgan fingerprint density at radius 3 is 3.05 bits per heavy atom. The van der Waals surface area contributed by atoms with E-state index in [-0.39, 0.29) is 6.04 Å². The minimum Gasteiger partial charge on any atom is -0.382 e. The van der Waals surface area contributed by atoms with E-state index < -0.39 is 0 Å². The molecular weight excluding hydrogens is 288 g/mol. The zero-order chi connectivity index (χ0) is 14.4. The van der Waals surface area contributed by atoms with E-state index in [1.165, 1.54) is 0 Å². The maximum absolute atomic E-state index is 6.15. The summed E-state index contributed by atoms with van der Waals surface area (Å²) in [6, 6.07) is 8.05. The van der Waals surface area contributed by atoms with Crippen LogP contribution < -0.4 is 5.73 Å². The highest BCUT2D eigenvalue weighted by molar-refractivity contribution is 6.18. The molecule has 4 rings (SSSR count). The summed E-state index contributed by atoms with van der Waals surface area (Å²) in [7, 11) is 0. The summed E-state index contributed by atoms with van der Waals surface area (Å²) in [5.74, 6) is 1.92. The van der Waals surface area contributed by atoms with Crippen molar-refractivity contribution in [1.82, 2.24) is 14.5 Å². The molecule has 0 saturated carbocycles. The van der Waals surface area contributed by atoms with Crippen LogP contribution in [0.5, 0.6) is 0 Å². The Hall–Kier alpha value is -1.85. The van der Waals surface area contributed by atoms with E-state index in [2.05, 4.69) is 15.6 Å². The minimum absolute atomic E-state index is 0.0689. The monoisotopic (exact) mass is 302 g/mol. The van der Waals surface area contributed by atoms with Gasteiger partial charge in [0.2, 0.25) is 0 Å². The molecule has 0 saturated heterocycles. The zero-order valence-corrected chi connectivity index (χ0v) is 12.2. The Morgan fingerprint density at radius 1 is 1.33 bits per heavy atom. The summed E-state index contributed by atoms with van der Waals surface area (Å²) in [5.41, 5.74) is 8.77. The molecule has 0 aliphatic carbocycles. The normalized spacial score (nSPS) is 18.8. The molecule has 0 bridgehead atoms. The number of halogens is 1. The van der Waals surface area contributed by atoms with Crippen molar-refractivity contribution in [3.05, 3.63) is 30.1 Å². The lowest BCUT2D eigenvalue weighted by Gasteiger charge is -2.16. The Balaban J connectivity index is 2.16. The molecule has 2 aromatic heterocycles. The lowest BCUT2D eigenvalue weighted by molar-refractivity contribution is 0.124. The second-order valence-electron chi connectivity index (χ2n) is 5.24. The van der Waals surface area contributed by atoms with Gasteiger partial charge in [-0.3, -0.25) is 0 Å². The third-order valence-electron chi connectivity index (χ3n) is 3.95. The molecule has 0 unspecified atom stereocenters. The number of imidazole rings is 1. The van der Waals surface area contributed by atoms with Gasteiger partial charge in [-0.1, -0.05) is 18.2 Å². The number of rotatable bonds is 1. The topological polar surface area (TPSA) is 66.0 Å². The van der Waals surface area contributed by atoms with Crippen LogP contribution in [0, 0.1) is 0 Å². The van der Waals surface area contributed by atoms with Gasteiger partial charge in [-0.2, -0.15) is 0 Å². The van der Waals surface area contributed by atoms with Crippen molar-refractivity contribution in [3.8, 4) is 0 Å². The summed E-state index contributed by atoms with van der Waals surface area (Å²) in [4.78, 5) is 9.16. The number of fused-ring (bicyclic) bond motifs is 5. The van der Waals surface area contributed by atoms with Crippen LogP contribution in [0.15, 0.2) is 24.3 Å². The van der Waals surface area contributed by atoms with Crippen molar-refractivity contribution in [2.75, 3.05) is 24.8 Å². The summed E-state index contributed by atoms with van der Waals surface area (Å²) < 4.78 is 7.83. The first-order valence-corrected chi connectivity index (χ1v) is 7.52. The van der Waals surface area contributed by atoms with Gasteiger partial charge in [-0.25, -0.2) is 9.97 Å². The average molecular weight is 303 g/mol. The van der Waals surface area contributed by atoms with Gasteiger partial charge >= 0.3 is 0 Å². The molecule has 1 aliphatic rings. The Kier molecular flexibility index (Phi) is 2.97. The molecular formula is C15H15ClN4O. The Morgan fingerprint density at radius 2 is 2.19 bits per heavy atom. The molecule has 1 atom stereocenters. The van der Waals surface area contributed by atoms with Gasteiger partial charge < -0.3 is 15.0 Å². The van der Waals surface area contributed by atoms with Crippen molar-refractivity contribution >= 4 is 39.4 Å². The van der Waals surface area contributed by atoms with Crippen LogP contribution in [-0.4, -0.2) is 33.6 Å². The van der Waals surface area contributed by atoms with E-state index in [0.29, 0.717) is 24.9 Å². The molecule has 0 spiro atoms. The number of anilines is 1. The number of hydrogen-bond donors (Lipinski definition) is 1. The first kappa shape index (κ1) is 12.9. The predicted octanol–water partition coefficient (Wildman–Crippen LogP) is 2.52. The lowest BCUT2D eigenvalue weighted by atomic mass is 10.1. The van der Waals surface area contributed by atoms with E-state index in [0.717, 1.165) is 34.2 Å². The molecule has 1 aliphatic heterocycles. The third-order valence-corrected chi connectivity index (χ3v) is 4.31. The fourth-order valence-electron chi connectivity index (χ4n) is 3.01. The van der Waals surface area contributed by atoms with E-state index in [1.54, 1.807) is 0 Å². The highest BCUT2D eigenvalue weighted by atomic mass is 35.5. The zero-order valence-electron chi connectivity index (χ0n) is 11.4. The number of pyridine rings is 1. The SMILES string of the molecule is Nc1nc2ccccc2c2c1nc1n2[C@@H](CCl)COCC1. The highest BCUT2D eigenvalue weighted by Gasteiger charge is 2.24. The number of hydrogen-bond acceptors (Lipinski definition) is 4. The second-order valence-corrected chi connectivity index (χ2v) is 5.55. The van der Waals surface area contributed by atoms with Gasteiger partial charge in [0, 0.05) is 17.7 Å². The van der Waals surface area contributed by atoms with Crippen molar-refractivity contribution in [2.24, 2.45) is 0 Å². The van der Waals surface area contributed by atoms with E-state index >= 15 is 0 Å². The number of alkyl halides is 1. The van der Waals surface area contributed by atoms with Gasteiger partial charge in [-0.05, 0) is 6.07 Å². The molecule has 0 amide bonds. The predicted molar refractivity (Wildman–Crippen MR) is 83.7 cm³/mol. The summed E-state index contributed by atoms with van der Waals surface area (Å²) in [6.07, 6.45) is 0.760. The summed E-state index contributed by atoms with van der Waals surface area (Å²) in [6.45, 7) is 1.25. The molecule has 6 heteroatoms. The molecule has 2 N–H and O–H groups in total. The largest absolute Gasteiger partial charge is 0.382 e. The van der Waals surface area contributed by atoms with E-state index in [1.807, 2.05) is 18.2 Å².